The number of aryl methyl sites for hydroxylation is 1. The summed E-state index contributed by atoms with van der Waals surface area (Å²) in [6, 6.07) is 0. The van der Waals surface area contributed by atoms with Crippen LogP contribution in [0.5, 0.6) is 0 Å². The van der Waals surface area contributed by atoms with Gasteiger partial charge in [-0.1, -0.05) is 18.6 Å². The van der Waals surface area contributed by atoms with Gasteiger partial charge in [-0.3, -0.25) is 4.79 Å². The summed E-state index contributed by atoms with van der Waals surface area (Å²) in [5.41, 5.74) is 6.00. The fourth-order valence-corrected chi connectivity index (χ4v) is 1.57. The van der Waals surface area contributed by atoms with Crippen LogP contribution in [0.15, 0.2) is 0 Å². The molecule has 0 radical (unpaired) electrons. The number of ether oxygens (including phenoxy) is 1. The summed E-state index contributed by atoms with van der Waals surface area (Å²) >= 11 is 0. The lowest BCUT2D eigenvalue weighted by atomic mass is 10.2. The second kappa shape index (κ2) is 6.73. The quantitative estimate of drug-likeness (QED) is 0.704. The van der Waals surface area contributed by atoms with Crippen LogP contribution >= 0.6 is 0 Å². The zero-order chi connectivity index (χ0) is 13.5. The molecule has 1 aromatic rings. The van der Waals surface area contributed by atoms with Gasteiger partial charge < -0.3 is 10.5 Å². The molecular weight excluding hydrogens is 236 g/mol. The minimum absolute atomic E-state index is 0.169. The highest BCUT2D eigenvalue weighted by Crippen LogP contribution is 2.10. The molecule has 0 fully saturated rings. The van der Waals surface area contributed by atoms with Gasteiger partial charge in [-0.2, -0.15) is 0 Å². The number of primary amides is 1. The highest BCUT2D eigenvalue weighted by Gasteiger charge is 2.20. The molecule has 1 amide bonds. The van der Waals surface area contributed by atoms with E-state index in [4.69, 9.17) is 10.5 Å². The lowest BCUT2D eigenvalue weighted by Crippen LogP contribution is -2.16. The van der Waals surface area contributed by atoms with E-state index >= 15 is 0 Å². The van der Waals surface area contributed by atoms with Crippen LogP contribution in [0, 0.1) is 0 Å². The van der Waals surface area contributed by atoms with E-state index in [1.54, 1.807) is 11.6 Å². The molecule has 2 N–H and O–H groups in total. The Balaban J connectivity index is 2.91. The second-order valence-corrected chi connectivity index (χ2v) is 3.79. The number of hydrogen-bond donors (Lipinski definition) is 1. The van der Waals surface area contributed by atoms with Crippen molar-refractivity contribution in [2.75, 3.05) is 6.61 Å². The van der Waals surface area contributed by atoms with E-state index in [2.05, 4.69) is 10.3 Å². The van der Waals surface area contributed by atoms with Crippen molar-refractivity contribution in [3.05, 3.63) is 11.4 Å². The van der Waals surface area contributed by atoms with Gasteiger partial charge in [-0.25, -0.2) is 9.48 Å². The maximum Gasteiger partial charge on any atom is 0.360 e. The van der Waals surface area contributed by atoms with Crippen molar-refractivity contribution in [2.24, 2.45) is 5.73 Å². The number of amides is 1. The van der Waals surface area contributed by atoms with Crippen LogP contribution in [0.4, 0.5) is 0 Å². The van der Waals surface area contributed by atoms with Gasteiger partial charge in [-0.05, 0) is 13.3 Å². The van der Waals surface area contributed by atoms with E-state index in [1.165, 1.54) is 0 Å². The Hall–Kier alpha value is -1.92. The number of carbonyl (C=O) groups excluding carboxylic acids is 2. The van der Waals surface area contributed by atoms with Crippen molar-refractivity contribution < 1.29 is 14.3 Å². The number of esters is 1. The van der Waals surface area contributed by atoms with Crippen LogP contribution in [0.1, 0.15) is 42.9 Å². The molecule has 0 bridgehead atoms. The van der Waals surface area contributed by atoms with Crippen molar-refractivity contribution in [3.8, 4) is 0 Å². The largest absolute Gasteiger partial charge is 0.461 e. The first kappa shape index (κ1) is 14.1. The molecule has 0 spiro atoms. The van der Waals surface area contributed by atoms with Gasteiger partial charge in [0.05, 0.1) is 18.8 Å². The molecule has 0 atom stereocenters. The van der Waals surface area contributed by atoms with Crippen LogP contribution in [-0.2, 0) is 22.5 Å². The molecular formula is C11H18N4O3. The standard InChI is InChI=1S/C11H18N4O3/c1-3-5-8-10(11(17)18-4-2)13-14-15(8)7-6-9(12)16/h3-7H2,1-2H3,(H2,12,16). The van der Waals surface area contributed by atoms with E-state index in [9.17, 15) is 9.59 Å². The maximum atomic E-state index is 11.7. The first-order chi connectivity index (χ1) is 8.60. The van der Waals surface area contributed by atoms with Gasteiger partial charge in [-0.15, -0.1) is 5.10 Å². The number of carbonyl (C=O) groups is 2. The highest BCUT2D eigenvalue weighted by atomic mass is 16.5. The van der Waals surface area contributed by atoms with Crippen LogP contribution in [0.25, 0.3) is 0 Å². The predicted molar refractivity (Wildman–Crippen MR) is 63.8 cm³/mol. The summed E-state index contributed by atoms with van der Waals surface area (Å²) in [5, 5.41) is 7.69. The van der Waals surface area contributed by atoms with Crippen LogP contribution in [0.3, 0.4) is 0 Å². The van der Waals surface area contributed by atoms with Gasteiger partial charge >= 0.3 is 5.97 Å². The van der Waals surface area contributed by atoms with Gasteiger partial charge in [0.2, 0.25) is 5.91 Å². The highest BCUT2D eigenvalue weighted by molar-refractivity contribution is 5.88. The van der Waals surface area contributed by atoms with E-state index < -0.39 is 11.9 Å². The van der Waals surface area contributed by atoms with Crippen molar-refractivity contribution in [1.82, 2.24) is 15.0 Å². The molecule has 0 saturated heterocycles. The summed E-state index contributed by atoms with van der Waals surface area (Å²) in [5.74, 6) is -0.892. The maximum absolute atomic E-state index is 11.7. The van der Waals surface area contributed by atoms with Gasteiger partial charge in [0.25, 0.3) is 0 Å². The third-order valence-electron chi connectivity index (χ3n) is 2.36. The summed E-state index contributed by atoms with van der Waals surface area (Å²) in [6.07, 6.45) is 1.67. The van der Waals surface area contributed by atoms with Crippen molar-refractivity contribution in [1.29, 1.82) is 0 Å². The molecule has 1 rings (SSSR count). The van der Waals surface area contributed by atoms with Crippen molar-refractivity contribution in [2.45, 2.75) is 39.7 Å². The third kappa shape index (κ3) is 3.54. The smallest absolute Gasteiger partial charge is 0.360 e. The fourth-order valence-electron chi connectivity index (χ4n) is 1.57. The summed E-state index contributed by atoms with van der Waals surface area (Å²) in [7, 11) is 0. The molecule has 0 aromatic carbocycles. The Morgan fingerprint density at radius 1 is 1.39 bits per heavy atom. The molecule has 18 heavy (non-hydrogen) atoms. The molecule has 1 aromatic heterocycles. The van der Waals surface area contributed by atoms with E-state index in [0.29, 0.717) is 25.3 Å². The SMILES string of the molecule is CCCc1c(C(=O)OCC)nnn1CCC(N)=O. The monoisotopic (exact) mass is 254 g/mol. The van der Waals surface area contributed by atoms with E-state index in [-0.39, 0.29) is 12.1 Å². The number of hydrogen-bond acceptors (Lipinski definition) is 5. The van der Waals surface area contributed by atoms with Gasteiger partial charge in [0.1, 0.15) is 0 Å². The van der Waals surface area contributed by atoms with Crippen LogP contribution < -0.4 is 5.73 Å². The normalized spacial score (nSPS) is 10.3. The molecule has 0 aliphatic heterocycles. The predicted octanol–water partition coefficient (Wildman–Crippen LogP) is 0.283. The van der Waals surface area contributed by atoms with E-state index in [1.807, 2.05) is 6.92 Å². The average Bonchev–Trinajstić information content (AvgIpc) is 2.70. The molecule has 100 valence electrons. The molecule has 0 unspecified atom stereocenters. The topological polar surface area (TPSA) is 100 Å². The zero-order valence-electron chi connectivity index (χ0n) is 10.7. The second-order valence-electron chi connectivity index (χ2n) is 3.79. The Bertz CT molecular complexity index is 428. The number of rotatable bonds is 7. The molecule has 0 aliphatic rings. The third-order valence-corrected chi connectivity index (χ3v) is 2.36. The zero-order valence-corrected chi connectivity index (χ0v) is 10.7. The fraction of sp³-hybridized carbons (Fsp3) is 0.636. The van der Waals surface area contributed by atoms with Crippen molar-refractivity contribution >= 4 is 11.9 Å². The van der Waals surface area contributed by atoms with Crippen molar-refractivity contribution in [3.63, 3.8) is 0 Å². The molecule has 1 heterocycles. The average molecular weight is 254 g/mol. The minimum Gasteiger partial charge on any atom is -0.461 e. The Morgan fingerprint density at radius 3 is 2.67 bits per heavy atom. The van der Waals surface area contributed by atoms with Crippen LogP contribution in [-0.4, -0.2) is 33.5 Å². The molecule has 7 nitrogen and oxygen atoms in total. The lowest BCUT2D eigenvalue weighted by molar-refractivity contribution is -0.118. The molecule has 7 heteroatoms. The van der Waals surface area contributed by atoms with E-state index in [0.717, 1.165) is 6.42 Å². The minimum atomic E-state index is -0.480. The van der Waals surface area contributed by atoms with Crippen LogP contribution in [0.2, 0.25) is 0 Å². The Morgan fingerprint density at radius 2 is 2.11 bits per heavy atom. The first-order valence-electron chi connectivity index (χ1n) is 5.97. The van der Waals surface area contributed by atoms with Gasteiger partial charge in [0, 0.05) is 6.42 Å². The Labute approximate surface area is 105 Å². The molecule has 0 saturated carbocycles. The van der Waals surface area contributed by atoms with Gasteiger partial charge in [0.15, 0.2) is 5.69 Å². The number of nitrogens with two attached hydrogens (primary N) is 1. The Kier molecular flexibility index (Phi) is 5.29. The first-order valence-corrected chi connectivity index (χ1v) is 5.97. The summed E-state index contributed by atoms with van der Waals surface area (Å²) in [6.45, 7) is 4.34. The summed E-state index contributed by atoms with van der Waals surface area (Å²) in [4.78, 5) is 22.4. The summed E-state index contributed by atoms with van der Waals surface area (Å²) < 4.78 is 6.45. The lowest BCUT2D eigenvalue weighted by Gasteiger charge is -2.05. The number of nitrogens with zero attached hydrogens (tertiary/aromatic N) is 3. The number of aromatic nitrogens is 3. The molecule has 0 aliphatic carbocycles.